The summed E-state index contributed by atoms with van der Waals surface area (Å²) in [6, 6.07) is 14.2. The largest absolute Gasteiger partial charge is 0.368 e. The number of hydrogen-bond donors (Lipinski definition) is 2. The van der Waals surface area contributed by atoms with E-state index in [1.54, 1.807) is 18.2 Å². The van der Waals surface area contributed by atoms with Gasteiger partial charge in [-0.1, -0.05) is 35.9 Å². The summed E-state index contributed by atoms with van der Waals surface area (Å²) in [6.07, 6.45) is 3.43. The fourth-order valence-corrected chi connectivity index (χ4v) is 2.39. The maximum atomic E-state index is 13.6. The molecule has 1 heterocycles. The number of anilines is 2. The first-order valence-electron chi connectivity index (χ1n) is 8.29. The molecule has 1 aromatic heterocycles. The topological polar surface area (TPSA) is 66.9 Å². The lowest BCUT2D eigenvalue weighted by Gasteiger charge is -2.07. The molecule has 132 valence electrons. The summed E-state index contributed by atoms with van der Waals surface area (Å²) in [6.45, 7) is 2.50. The van der Waals surface area contributed by atoms with Gasteiger partial charge >= 0.3 is 0 Å². The second kappa shape index (κ2) is 8.20. The molecule has 0 fully saturated rings. The van der Waals surface area contributed by atoms with Crippen LogP contribution < -0.4 is 10.6 Å². The van der Waals surface area contributed by atoms with Crippen LogP contribution in [0.2, 0.25) is 0 Å². The fraction of sp³-hybridized carbons (Fsp3) is 0.150. The molecule has 0 bridgehead atoms. The number of aromatic nitrogens is 2. The van der Waals surface area contributed by atoms with E-state index in [1.807, 2.05) is 31.2 Å². The van der Waals surface area contributed by atoms with Crippen molar-refractivity contribution in [3.8, 4) is 0 Å². The average molecular weight is 350 g/mol. The van der Waals surface area contributed by atoms with Gasteiger partial charge in [-0.05, 0) is 37.1 Å². The van der Waals surface area contributed by atoms with Gasteiger partial charge in [-0.25, -0.2) is 14.4 Å². The zero-order valence-corrected chi connectivity index (χ0v) is 14.4. The Morgan fingerprint density at radius 1 is 1.04 bits per heavy atom. The van der Waals surface area contributed by atoms with Crippen molar-refractivity contribution in [1.82, 2.24) is 9.97 Å². The van der Waals surface area contributed by atoms with E-state index in [2.05, 4.69) is 20.6 Å². The van der Waals surface area contributed by atoms with Gasteiger partial charge in [0.1, 0.15) is 17.3 Å². The summed E-state index contributed by atoms with van der Waals surface area (Å²) in [5.74, 6) is -0.00371. The molecule has 0 aliphatic rings. The minimum Gasteiger partial charge on any atom is -0.368 e. The number of halogens is 1. The van der Waals surface area contributed by atoms with Crippen LogP contribution in [0.1, 0.15) is 21.6 Å². The molecule has 0 aliphatic carbocycles. The Morgan fingerprint density at radius 3 is 2.50 bits per heavy atom. The molecule has 3 rings (SSSR count). The van der Waals surface area contributed by atoms with Crippen LogP contribution >= 0.6 is 0 Å². The van der Waals surface area contributed by atoms with Gasteiger partial charge in [0.2, 0.25) is 0 Å². The van der Waals surface area contributed by atoms with Gasteiger partial charge in [0, 0.05) is 12.2 Å². The zero-order valence-electron chi connectivity index (χ0n) is 14.4. The molecule has 2 aromatic carbocycles. The smallest absolute Gasteiger partial charge is 0.275 e. The summed E-state index contributed by atoms with van der Waals surface area (Å²) in [4.78, 5) is 20.5. The van der Waals surface area contributed by atoms with E-state index in [0.29, 0.717) is 30.0 Å². The Labute approximate surface area is 151 Å². The molecule has 26 heavy (non-hydrogen) atoms. The maximum Gasteiger partial charge on any atom is 0.275 e. The molecule has 0 radical (unpaired) electrons. The number of nitrogens with one attached hydrogen (secondary N) is 2. The van der Waals surface area contributed by atoms with Gasteiger partial charge in [-0.2, -0.15) is 0 Å². The van der Waals surface area contributed by atoms with Gasteiger partial charge in [-0.15, -0.1) is 0 Å². The van der Waals surface area contributed by atoms with E-state index < -0.39 is 0 Å². The standard InChI is InChI=1S/C20H19FN4O/c1-14-6-8-16(9-7-14)25-20(26)18-12-24-19(13-23-18)22-11-10-15-4-2-3-5-17(15)21/h2-9,12-13H,10-11H2,1H3,(H,22,24)(H,25,26). The minimum atomic E-state index is -0.320. The number of hydrogen-bond acceptors (Lipinski definition) is 4. The van der Waals surface area contributed by atoms with Crippen LogP contribution in [0.5, 0.6) is 0 Å². The number of nitrogens with zero attached hydrogens (tertiary/aromatic N) is 2. The second-order valence-electron chi connectivity index (χ2n) is 5.88. The summed E-state index contributed by atoms with van der Waals surface area (Å²) in [5, 5.41) is 5.84. The molecule has 0 saturated heterocycles. The lowest BCUT2D eigenvalue weighted by atomic mass is 10.1. The third-order valence-corrected chi connectivity index (χ3v) is 3.85. The maximum absolute atomic E-state index is 13.6. The van der Waals surface area contributed by atoms with Crippen molar-refractivity contribution in [2.75, 3.05) is 17.2 Å². The van der Waals surface area contributed by atoms with Crippen molar-refractivity contribution in [1.29, 1.82) is 0 Å². The first-order chi connectivity index (χ1) is 12.6. The van der Waals surface area contributed by atoms with E-state index in [1.165, 1.54) is 18.5 Å². The highest BCUT2D eigenvalue weighted by molar-refractivity contribution is 6.02. The number of rotatable bonds is 6. The average Bonchev–Trinajstić information content (AvgIpc) is 2.66. The molecule has 0 atom stereocenters. The van der Waals surface area contributed by atoms with Crippen molar-refractivity contribution in [2.24, 2.45) is 0 Å². The predicted molar refractivity (Wildman–Crippen MR) is 99.8 cm³/mol. The Bertz CT molecular complexity index is 879. The highest BCUT2D eigenvalue weighted by Gasteiger charge is 2.08. The first kappa shape index (κ1) is 17.5. The van der Waals surface area contributed by atoms with Gasteiger partial charge in [0.05, 0.1) is 12.4 Å². The first-order valence-corrected chi connectivity index (χ1v) is 8.29. The van der Waals surface area contributed by atoms with Crippen LogP contribution in [-0.4, -0.2) is 22.4 Å². The summed E-state index contributed by atoms with van der Waals surface area (Å²) in [5.41, 5.74) is 2.69. The van der Waals surface area contributed by atoms with Crippen LogP contribution in [0.25, 0.3) is 0 Å². The van der Waals surface area contributed by atoms with Crippen LogP contribution in [0.15, 0.2) is 60.9 Å². The molecule has 0 saturated carbocycles. The van der Waals surface area contributed by atoms with Gasteiger partial charge in [-0.3, -0.25) is 4.79 Å². The van der Waals surface area contributed by atoms with Gasteiger partial charge in [0.15, 0.2) is 0 Å². The Kier molecular flexibility index (Phi) is 5.53. The molecule has 5 nitrogen and oxygen atoms in total. The lowest BCUT2D eigenvalue weighted by Crippen LogP contribution is -2.15. The number of benzene rings is 2. The molecular weight excluding hydrogens is 331 g/mol. The molecular formula is C20H19FN4O. The third kappa shape index (κ3) is 4.63. The van der Waals surface area contributed by atoms with Crippen molar-refractivity contribution >= 4 is 17.4 Å². The van der Waals surface area contributed by atoms with Gasteiger partial charge < -0.3 is 10.6 Å². The second-order valence-corrected chi connectivity index (χ2v) is 5.88. The quantitative estimate of drug-likeness (QED) is 0.709. The van der Waals surface area contributed by atoms with Crippen molar-refractivity contribution in [2.45, 2.75) is 13.3 Å². The van der Waals surface area contributed by atoms with Crippen molar-refractivity contribution in [3.05, 3.63) is 83.6 Å². The van der Waals surface area contributed by atoms with E-state index >= 15 is 0 Å². The predicted octanol–water partition coefficient (Wildman–Crippen LogP) is 3.83. The molecule has 0 aliphatic heterocycles. The molecule has 2 N–H and O–H groups in total. The highest BCUT2D eigenvalue weighted by atomic mass is 19.1. The lowest BCUT2D eigenvalue weighted by molar-refractivity contribution is 0.102. The molecule has 1 amide bonds. The van der Waals surface area contributed by atoms with Crippen LogP contribution in [0.4, 0.5) is 15.9 Å². The summed E-state index contributed by atoms with van der Waals surface area (Å²) >= 11 is 0. The van der Waals surface area contributed by atoms with Crippen LogP contribution in [-0.2, 0) is 6.42 Å². The van der Waals surface area contributed by atoms with E-state index in [-0.39, 0.29) is 17.4 Å². The van der Waals surface area contributed by atoms with Gasteiger partial charge in [0.25, 0.3) is 5.91 Å². The number of amides is 1. The van der Waals surface area contributed by atoms with Crippen LogP contribution in [0.3, 0.4) is 0 Å². The summed E-state index contributed by atoms with van der Waals surface area (Å²) < 4.78 is 13.6. The van der Waals surface area contributed by atoms with E-state index in [0.717, 1.165) is 5.56 Å². The Hall–Kier alpha value is -3.28. The minimum absolute atomic E-state index is 0.219. The highest BCUT2D eigenvalue weighted by Crippen LogP contribution is 2.11. The normalized spacial score (nSPS) is 10.4. The SMILES string of the molecule is Cc1ccc(NC(=O)c2cnc(NCCc3ccccc3F)cn2)cc1. The Morgan fingerprint density at radius 2 is 1.81 bits per heavy atom. The third-order valence-electron chi connectivity index (χ3n) is 3.85. The van der Waals surface area contributed by atoms with E-state index in [9.17, 15) is 9.18 Å². The molecule has 3 aromatic rings. The number of carbonyl (C=O) groups excluding carboxylic acids is 1. The van der Waals surface area contributed by atoms with Crippen molar-refractivity contribution in [3.63, 3.8) is 0 Å². The number of carbonyl (C=O) groups is 1. The molecule has 0 spiro atoms. The van der Waals surface area contributed by atoms with Crippen LogP contribution in [0, 0.1) is 12.7 Å². The Balaban J connectivity index is 1.53. The molecule has 6 heteroatoms. The van der Waals surface area contributed by atoms with E-state index in [4.69, 9.17) is 0 Å². The molecule has 0 unspecified atom stereocenters. The van der Waals surface area contributed by atoms with Crippen molar-refractivity contribution < 1.29 is 9.18 Å². The monoisotopic (exact) mass is 350 g/mol. The summed E-state index contributed by atoms with van der Waals surface area (Å²) in [7, 11) is 0. The number of aryl methyl sites for hydroxylation is 1. The fourth-order valence-electron chi connectivity index (χ4n) is 2.39. The zero-order chi connectivity index (χ0) is 18.4.